The van der Waals surface area contributed by atoms with Crippen molar-refractivity contribution >= 4 is 23.4 Å². The van der Waals surface area contributed by atoms with Gasteiger partial charge in [0.15, 0.2) is 5.82 Å². The fourth-order valence-corrected chi connectivity index (χ4v) is 4.71. The van der Waals surface area contributed by atoms with Crippen LogP contribution in [0.2, 0.25) is 0 Å². The van der Waals surface area contributed by atoms with Crippen LogP contribution in [0.1, 0.15) is 41.0 Å². The van der Waals surface area contributed by atoms with Crippen LogP contribution in [-0.4, -0.2) is 26.0 Å². The van der Waals surface area contributed by atoms with Crippen LogP contribution in [0.25, 0.3) is 0 Å². The monoisotopic (exact) mass is 407 g/mol. The van der Waals surface area contributed by atoms with Gasteiger partial charge in [-0.25, -0.2) is 4.68 Å². The molecule has 1 aliphatic heterocycles. The molecule has 0 bridgehead atoms. The summed E-state index contributed by atoms with van der Waals surface area (Å²) in [6, 6.07) is 14.2. The molecular formula is C22H25N5OS. The lowest BCUT2D eigenvalue weighted by atomic mass is 10.0. The summed E-state index contributed by atoms with van der Waals surface area (Å²) in [4.78, 5) is 13.3. The fraction of sp³-hybridized carbons (Fsp3) is 0.318. The molecule has 0 saturated carbocycles. The predicted molar refractivity (Wildman–Crippen MR) is 117 cm³/mol. The van der Waals surface area contributed by atoms with Crippen molar-refractivity contribution in [2.75, 3.05) is 10.7 Å². The second-order valence-electron chi connectivity index (χ2n) is 7.51. The van der Waals surface area contributed by atoms with E-state index in [1.54, 1.807) is 0 Å². The zero-order valence-electron chi connectivity index (χ0n) is 17.1. The highest BCUT2D eigenvalue weighted by atomic mass is 32.2. The van der Waals surface area contributed by atoms with Crippen molar-refractivity contribution in [3.05, 3.63) is 70.5 Å². The Balaban J connectivity index is 1.67. The topological polar surface area (TPSA) is 71.8 Å². The first-order valence-electron chi connectivity index (χ1n) is 9.78. The van der Waals surface area contributed by atoms with Gasteiger partial charge in [-0.3, -0.25) is 4.79 Å². The van der Waals surface area contributed by atoms with Crippen molar-refractivity contribution in [1.82, 2.24) is 14.9 Å². The van der Waals surface area contributed by atoms with E-state index in [1.807, 2.05) is 37.6 Å². The average Bonchev–Trinajstić information content (AvgIpc) is 3.09. The first kappa shape index (κ1) is 19.5. The van der Waals surface area contributed by atoms with E-state index in [0.29, 0.717) is 5.16 Å². The molecule has 150 valence electrons. The minimum atomic E-state index is -0.375. The third kappa shape index (κ3) is 4.00. The highest BCUT2D eigenvalue weighted by Crippen LogP contribution is 2.37. The number of hydrogen-bond donors (Lipinski definition) is 2. The van der Waals surface area contributed by atoms with E-state index in [4.69, 9.17) is 0 Å². The molecule has 3 aromatic rings. The maximum absolute atomic E-state index is 13.3. The molecule has 0 radical (unpaired) electrons. The number of hydrogen-bond acceptors (Lipinski definition) is 5. The molecule has 2 unspecified atom stereocenters. The first-order valence-corrected chi connectivity index (χ1v) is 10.7. The summed E-state index contributed by atoms with van der Waals surface area (Å²) in [6.45, 7) is 8.17. The van der Waals surface area contributed by atoms with Gasteiger partial charge in [0.1, 0.15) is 5.25 Å². The summed E-state index contributed by atoms with van der Waals surface area (Å²) in [7, 11) is 0. The summed E-state index contributed by atoms with van der Waals surface area (Å²) in [5, 5.41) is 12.0. The van der Waals surface area contributed by atoms with Gasteiger partial charge in [0.25, 0.3) is 0 Å². The smallest absolute Gasteiger partial charge is 0.240 e. The Kier molecular flexibility index (Phi) is 5.32. The Morgan fingerprint density at radius 3 is 2.41 bits per heavy atom. The largest absolute Gasteiger partial charge is 0.325 e. The van der Waals surface area contributed by atoms with E-state index in [-0.39, 0.29) is 17.2 Å². The number of fused-ring (bicyclic) bond motifs is 1. The zero-order valence-corrected chi connectivity index (χ0v) is 17.9. The molecule has 1 aliphatic rings. The maximum atomic E-state index is 13.3. The first-order chi connectivity index (χ1) is 13.9. The second kappa shape index (κ2) is 7.91. The molecule has 6 nitrogen and oxygen atoms in total. The number of benzene rings is 2. The van der Waals surface area contributed by atoms with Gasteiger partial charge in [-0.15, -0.1) is 10.2 Å². The molecule has 1 amide bonds. The number of nitrogens with one attached hydrogen (secondary N) is 2. The molecule has 29 heavy (non-hydrogen) atoms. The molecule has 0 spiro atoms. The zero-order chi connectivity index (χ0) is 20.5. The maximum Gasteiger partial charge on any atom is 0.240 e. The molecular weight excluding hydrogens is 382 g/mol. The molecule has 0 fully saturated rings. The van der Waals surface area contributed by atoms with Crippen molar-refractivity contribution in [2.45, 2.75) is 50.6 Å². The Morgan fingerprint density at radius 1 is 1.07 bits per heavy atom. The standard InChI is InChI=1S/C22H25N5OS/c1-5-18-24-25-22-27(18)26-19(16-8-6-13(2)7-9-16)20(29-22)21(28)23-17-11-14(3)10-15(4)12-17/h6-12,19-20,26H,5H2,1-4H3,(H,23,28). The highest BCUT2D eigenvalue weighted by Gasteiger charge is 2.37. The Bertz CT molecular complexity index is 1020. The molecule has 0 saturated heterocycles. The van der Waals surface area contributed by atoms with Crippen LogP contribution in [-0.2, 0) is 11.2 Å². The van der Waals surface area contributed by atoms with Gasteiger partial charge in [-0.2, -0.15) is 0 Å². The number of nitrogens with zero attached hydrogens (tertiary/aromatic N) is 3. The van der Waals surface area contributed by atoms with Crippen molar-refractivity contribution < 1.29 is 4.79 Å². The molecule has 2 N–H and O–H groups in total. The number of carbonyl (C=O) groups excluding carboxylic acids is 1. The fourth-order valence-electron chi connectivity index (χ4n) is 3.61. The molecule has 0 aliphatic carbocycles. The van der Waals surface area contributed by atoms with E-state index in [9.17, 15) is 4.79 Å². The van der Waals surface area contributed by atoms with Crippen molar-refractivity contribution in [3.8, 4) is 0 Å². The van der Waals surface area contributed by atoms with Crippen LogP contribution in [0.3, 0.4) is 0 Å². The molecule has 2 aromatic carbocycles. The molecule has 2 atom stereocenters. The van der Waals surface area contributed by atoms with Gasteiger partial charge >= 0.3 is 0 Å². The van der Waals surface area contributed by atoms with E-state index in [1.165, 1.54) is 17.3 Å². The van der Waals surface area contributed by atoms with E-state index < -0.39 is 0 Å². The van der Waals surface area contributed by atoms with E-state index in [2.05, 4.69) is 58.2 Å². The van der Waals surface area contributed by atoms with Crippen LogP contribution in [0.5, 0.6) is 0 Å². The van der Waals surface area contributed by atoms with E-state index in [0.717, 1.165) is 34.6 Å². The quantitative estimate of drug-likeness (QED) is 0.679. The minimum Gasteiger partial charge on any atom is -0.325 e. The average molecular weight is 408 g/mol. The third-order valence-electron chi connectivity index (χ3n) is 5.00. The summed E-state index contributed by atoms with van der Waals surface area (Å²) in [5.74, 6) is 0.808. The number of rotatable bonds is 4. The van der Waals surface area contributed by atoms with Gasteiger partial charge in [-0.05, 0) is 49.6 Å². The van der Waals surface area contributed by atoms with Gasteiger partial charge in [0.05, 0.1) is 6.04 Å². The number of anilines is 1. The summed E-state index contributed by atoms with van der Waals surface area (Å²) in [5.41, 5.74) is 8.79. The number of aromatic nitrogens is 3. The number of aryl methyl sites for hydroxylation is 4. The Hall–Kier alpha value is -2.80. The van der Waals surface area contributed by atoms with Crippen molar-refractivity contribution in [2.24, 2.45) is 0 Å². The van der Waals surface area contributed by atoms with Crippen LogP contribution in [0.4, 0.5) is 5.69 Å². The van der Waals surface area contributed by atoms with E-state index >= 15 is 0 Å². The van der Waals surface area contributed by atoms with Gasteiger partial charge in [-0.1, -0.05) is 54.6 Å². The van der Waals surface area contributed by atoms with Crippen LogP contribution < -0.4 is 10.7 Å². The second-order valence-corrected chi connectivity index (χ2v) is 8.62. The minimum absolute atomic E-state index is 0.0506. The van der Waals surface area contributed by atoms with Crippen LogP contribution in [0.15, 0.2) is 47.6 Å². The molecule has 7 heteroatoms. The highest BCUT2D eigenvalue weighted by molar-refractivity contribution is 8.00. The molecule has 4 rings (SSSR count). The SMILES string of the molecule is CCc1nnc2n1NC(c1ccc(C)cc1)C(C(=O)Nc1cc(C)cc(C)c1)S2. The van der Waals surface area contributed by atoms with Crippen LogP contribution >= 0.6 is 11.8 Å². The molecule has 1 aromatic heterocycles. The number of amides is 1. The van der Waals surface area contributed by atoms with Crippen molar-refractivity contribution in [1.29, 1.82) is 0 Å². The lowest BCUT2D eigenvalue weighted by Crippen LogP contribution is -2.41. The van der Waals surface area contributed by atoms with Gasteiger partial charge in [0, 0.05) is 12.1 Å². The number of thioether (sulfide) groups is 1. The molecule has 2 heterocycles. The summed E-state index contributed by atoms with van der Waals surface area (Å²) < 4.78 is 1.91. The third-order valence-corrected chi connectivity index (χ3v) is 6.22. The lowest BCUT2D eigenvalue weighted by molar-refractivity contribution is -0.116. The van der Waals surface area contributed by atoms with Gasteiger partial charge in [0.2, 0.25) is 11.1 Å². The number of carbonyl (C=O) groups is 1. The lowest BCUT2D eigenvalue weighted by Gasteiger charge is -2.33. The van der Waals surface area contributed by atoms with Gasteiger partial charge < -0.3 is 10.7 Å². The Morgan fingerprint density at radius 2 is 1.76 bits per heavy atom. The normalized spacial score (nSPS) is 18.1. The Labute approximate surface area is 175 Å². The predicted octanol–water partition coefficient (Wildman–Crippen LogP) is 4.16. The van der Waals surface area contributed by atoms with Crippen molar-refractivity contribution in [3.63, 3.8) is 0 Å². The van der Waals surface area contributed by atoms with Crippen LogP contribution in [0, 0.1) is 20.8 Å². The summed E-state index contributed by atoms with van der Waals surface area (Å²) in [6.07, 6.45) is 0.764. The summed E-state index contributed by atoms with van der Waals surface area (Å²) >= 11 is 1.45.